The quantitative estimate of drug-likeness (QED) is 0.791. The normalized spacial score (nSPS) is 11.1. The number of carbonyl (C=O) groups is 1. The minimum atomic E-state index is -0.313. The molecule has 0 saturated carbocycles. The van der Waals surface area contributed by atoms with Crippen molar-refractivity contribution in [1.29, 1.82) is 0 Å². The van der Waals surface area contributed by atoms with Crippen LogP contribution in [0.3, 0.4) is 0 Å². The maximum absolute atomic E-state index is 12.2. The number of carbonyl (C=O) groups excluding carboxylic acids is 1. The van der Waals surface area contributed by atoms with Crippen LogP contribution in [-0.4, -0.2) is 24.2 Å². The number of hydrogen-bond donors (Lipinski definition) is 1. The zero-order valence-electron chi connectivity index (χ0n) is 12.7. The standard InChI is InChI=1S/C15H15N5O2S/c1-9(2)12-6-14(22)20(8-16-12)7-13(21)17-10-4-3-5-11-15(10)19-23-18-11/h3-6,8-9H,7H2,1-2H3,(H,17,21). The number of anilines is 1. The number of aromatic nitrogens is 4. The highest BCUT2D eigenvalue weighted by atomic mass is 32.1. The molecule has 7 nitrogen and oxygen atoms in total. The van der Waals surface area contributed by atoms with Crippen LogP contribution in [0.15, 0.2) is 35.4 Å². The molecule has 118 valence electrons. The van der Waals surface area contributed by atoms with Gasteiger partial charge in [0.1, 0.15) is 17.6 Å². The third-order valence-corrected chi connectivity index (χ3v) is 3.91. The Labute approximate surface area is 136 Å². The first kappa shape index (κ1) is 15.3. The van der Waals surface area contributed by atoms with E-state index >= 15 is 0 Å². The van der Waals surface area contributed by atoms with Gasteiger partial charge in [-0.3, -0.25) is 14.2 Å². The zero-order valence-corrected chi connectivity index (χ0v) is 13.5. The molecular weight excluding hydrogens is 314 g/mol. The summed E-state index contributed by atoms with van der Waals surface area (Å²) >= 11 is 1.09. The fourth-order valence-corrected chi connectivity index (χ4v) is 2.68. The van der Waals surface area contributed by atoms with Crippen molar-refractivity contribution < 1.29 is 4.79 Å². The Balaban J connectivity index is 1.77. The number of nitrogens with one attached hydrogen (secondary N) is 1. The molecule has 0 fully saturated rings. The number of benzene rings is 1. The van der Waals surface area contributed by atoms with Gasteiger partial charge in [0.05, 0.1) is 29.4 Å². The molecule has 0 spiro atoms. The lowest BCUT2D eigenvalue weighted by atomic mass is 10.1. The molecule has 0 aliphatic rings. The second-order valence-electron chi connectivity index (χ2n) is 5.42. The molecule has 0 aliphatic heterocycles. The maximum atomic E-state index is 12.2. The molecule has 0 saturated heterocycles. The van der Waals surface area contributed by atoms with Crippen LogP contribution in [0.4, 0.5) is 5.69 Å². The van der Waals surface area contributed by atoms with Crippen LogP contribution in [0.5, 0.6) is 0 Å². The monoisotopic (exact) mass is 329 g/mol. The molecule has 1 N–H and O–H groups in total. The predicted octanol–water partition coefficient (Wildman–Crippen LogP) is 2.01. The molecule has 2 aromatic heterocycles. The van der Waals surface area contributed by atoms with Crippen molar-refractivity contribution in [2.75, 3.05) is 5.32 Å². The van der Waals surface area contributed by atoms with Gasteiger partial charge in [0, 0.05) is 6.07 Å². The van der Waals surface area contributed by atoms with E-state index in [-0.39, 0.29) is 23.9 Å². The fourth-order valence-electron chi connectivity index (χ4n) is 2.13. The second kappa shape index (κ2) is 6.25. The van der Waals surface area contributed by atoms with Gasteiger partial charge in [-0.2, -0.15) is 8.75 Å². The minimum absolute atomic E-state index is 0.0990. The molecule has 2 heterocycles. The van der Waals surface area contributed by atoms with Gasteiger partial charge in [-0.1, -0.05) is 19.9 Å². The van der Waals surface area contributed by atoms with Gasteiger partial charge < -0.3 is 5.32 Å². The minimum Gasteiger partial charge on any atom is -0.323 e. The van der Waals surface area contributed by atoms with Crippen LogP contribution in [0.25, 0.3) is 11.0 Å². The summed E-state index contributed by atoms with van der Waals surface area (Å²) in [7, 11) is 0. The molecule has 1 aromatic carbocycles. The first-order valence-electron chi connectivity index (χ1n) is 7.12. The van der Waals surface area contributed by atoms with Crippen LogP contribution in [0.2, 0.25) is 0 Å². The maximum Gasteiger partial charge on any atom is 0.254 e. The van der Waals surface area contributed by atoms with Crippen molar-refractivity contribution >= 4 is 34.4 Å². The van der Waals surface area contributed by atoms with Crippen LogP contribution < -0.4 is 10.9 Å². The van der Waals surface area contributed by atoms with Crippen molar-refractivity contribution in [3.63, 3.8) is 0 Å². The largest absolute Gasteiger partial charge is 0.323 e. The Hall–Kier alpha value is -2.61. The van der Waals surface area contributed by atoms with E-state index in [1.807, 2.05) is 19.9 Å². The molecule has 0 aliphatic carbocycles. The van der Waals surface area contributed by atoms with Crippen molar-refractivity contribution in [2.24, 2.45) is 0 Å². The zero-order chi connectivity index (χ0) is 16.4. The molecule has 8 heteroatoms. The summed E-state index contributed by atoms with van der Waals surface area (Å²) in [4.78, 5) is 28.4. The van der Waals surface area contributed by atoms with E-state index in [2.05, 4.69) is 19.0 Å². The van der Waals surface area contributed by atoms with Gasteiger partial charge in [-0.15, -0.1) is 0 Å². The first-order valence-corrected chi connectivity index (χ1v) is 7.85. The molecule has 0 radical (unpaired) electrons. The topological polar surface area (TPSA) is 89.8 Å². The van der Waals surface area contributed by atoms with Crippen molar-refractivity contribution in [3.05, 3.63) is 46.6 Å². The molecule has 3 aromatic rings. The van der Waals surface area contributed by atoms with Gasteiger partial charge in [0.2, 0.25) is 5.91 Å². The number of nitrogens with zero attached hydrogens (tertiary/aromatic N) is 4. The second-order valence-corrected chi connectivity index (χ2v) is 5.95. The Morgan fingerprint density at radius 2 is 2.17 bits per heavy atom. The molecular formula is C15H15N5O2S. The first-order chi connectivity index (χ1) is 11.0. The molecule has 1 amide bonds. The van der Waals surface area contributed by atoms with Crippen LogP contribution in [0.1, 0.15) is 25.5 Å². The van der Waals surface area contributed by atoms with Crippen LogP contribution in [0, 0.1) is 0 Å². The Morgan fingerprint density at radius 1 is 1.35 bits per heavy atom. The van der Waals surface area contributed by atoms with E-state index in [1.54, 1.807) is 12.1 Å². The van der Waals surface area contributed by atoms with Gasteiger partial charge in [-0.25, -0.2) is 4.98 Å². The lowest BCUT2D eigenvalue weighted by Gasteiger charge is -2.09. The van der Waals surface area contributed by atoms with Crippen molar-refractivity contribution in [1.82, 2.24) is 18.3 Å². The summed E-state index contributed by atoms with van der Waals surface area (Å²) in [5.41, 5.74) is 2.43. The average Bonchev–Trinajstić information content (AvgIpc) is 2.98. The lowest BCUT2D eigenvalue weighted by Crippen LogP contribution is -2.28. The highest BCUT2D eigenvalue weighted by Crippen LogP contribution is 2.20. The Bertz CT molecular complexity index is 915. The summed E-state index contributed by atoms with van der Waals surface area (Å²) in [5, 5.41) is 2.76. The highest BCUT2D eigenvalue weighted by molar-refractivity contribution is 7.00. The molecule has 23 heavy (non-hydrogen) atoms. The lowest BCUT2D eigenvalue weighted by molar-refractivity contribution is -0.116. The SMILES string of the molecule is CC(C)c1cc(=O)n(CC(=O)Nc2cccc3nsnc23)cn1. The van der Waals surface area contributed by atoms with E-state index in [0.29, 0.717) is 16.9 Å². The van der Waals surface area contributed by atoms with E-state index in [4.69, 9.17) is 0 Å². The highest BCUT2D eigenvalue weighted by Gasteiger charge is 2.11. The summed E-state index contributed by atoms with van der Waals surface area (Å²) in [6, 6.07) is 6.84. The van der Waals surface area contributed by atoms with Gasteiger partial charge in [0.15, 0.2) is 0 Å². The van der Waals surface area contributed by atoms with Gasteiger partial charge >= 0.3 is 0 Å². The van der Waals surface area contributed by atoms with Crippen LogP contribution >= 0.6 is 11.7 Å². The van der Waals surface area contributed by atoms with Crippen molar-refractivity contribution in [3.8, 4) is 0 Å². The van der Waals surface area contributed by atoms with E-state index in [1.165, 1.54) is 17.0 Å². The summed E-state index contributed by atoms with van der Waals surface area (Å²) in [5.74, 6) is -0.146. The van der Waals surface area contributed by atoms with Gasteiger partial charge in [-0.05, 0) is 18.1 Å². The molecule has 3 rings (SSSR count). The smallest absolute Gasteiger partial charge is 0.254 e. The van der Waals surface area contributed by atoms with E-state index in [9.17, 15) is 9.59 Å². The fraction of sp³-hybridized carbons (Fsp3) is 0.267. The van der Waals surface area contributed by atoms with Crippen molar-refractivity contribution in [2.45, 2.75) is 26.3 Å². The average molecular weight is 329 g/mol. The van der Waals surface area contributed by atoms with Crippen LogP contribution in [-0.2, 0) is 11.3 Å². The molecule has 0 unspecified atom stereocenters. The molecule has 0 atom stereocenters. The Morgan fingerprint density at radius 3 is 2.91 bits per heavy atom. The summed E-state index contributed by atoms with van der Waals surface area (Å²) < 4.78 is 9.57. The third-order valence-electron chi connectivity index (χ3n) is 3.37. The van der Waals surface area contributed by atoms with Gasteiger partial charge in [0.25, 0.3) is 5.56 Å². The summed E-state index contributed by atoms with van der Waals surface area (Å²) in [6.45, 7) is 3.82. The number of fused-ring (bicyclic) bond motifs is 1. The number of hydrogen-bond acceptors (Lipinski definition) is 6. The Kier molecular flexibility index (Phi) is 4.16. The number of rotatable bonds is 4. The number of amides is 1. The van der Waals surface area contributed by atoms with E-state index < -0.39 is 0 Å². The molecule has 0 bridgehead atoms. The third kappa shape index (κ3) is 3.26. The predicted molar refractivity (Wildman–Crippen MR) is 88.6 cm³/mol. The van der Waals surface area contributed by atoms with E-state index in [0.717, 1.165) is 17.2 Å². The summed E-state index contributed by atoms with van der Waals surface area (Å²) in [6.07, 6.45) is 1.40.